The molecule has 3 atom stereocenters. The molecule has 0 radical (unpaired) electrons. The zero-order valence-corrected chi connectivity index (χ0v) is 21.6. The molecule has 2 aromatic rings. The van der Waals surface area contributed by atoms with Gasteiger partial charge in [-0.3, -0.25) is 5.01 Å². The van der Waals surface area contributed by atoms with Crippen molar-refractivity contribution in [3.63, 3.8) is 0 Å². The Kier molecular flexibility index (Phi) is 5.04. The molecule has 178 valence electrons. The number of hydrogen-bond acceptors (Lipinski definition) is 6. The predicted molar refractivity (Wildman–Crippen MR) is 136 cm³/mol. The first kappa shape index (κ1) is 22.5. The van der Waals surface area contributed by atoms with Crippen LogP contribution in [-0.4, -0.2) is 39.6 Å². The van der Waals surface area contributed by atoms with Crippen molar-refractivity contribution in [2.45, 2.75) is 80.2 Å². The van der Waals surface area contributed by atoms with E-state index in [2.05, 4.69) is 108 Å². The summed E-state index contributed by atoms with van der Waals surface area (Å²) in [5.41, 5.74) is 9.61. The van der Waals surface area contributed by atoms with Gasteiger partial charge in [0.2, 0.25) is 5.72 Å². The molecule has 0 N–H and O–H groups in total. The van der Waals surface area contributed by atoms with Crippen molar-refractivity contribution in [3.8, 4) is 0 Å². The van der Waals surface area contributed by atoms with Gasteiger partial charge in [-0.2, -0.15) is 0 Å². The van der Waals surface area contributed by atoms with Crippen molar-refractivity contribution in [1.82, 2.24) is 10.0 Å². The molecule has 6 nitrogen and oxygen atoms in total. The number of benzene rings is 2. The van der Waals surface area contributed by atoms with Crippen molar-refractivity contribution >= 4 is 11.7 Å². The minimum atomic E-state index is -0.798. The molecule has 0 aromatic heterocycles. The molecular weight excluding hydrogens is 424 g/mol. The molecule has 0 saturated carbocycles. The van der Waals surface area contributed by atoms with Crippen LogP contribution < -0.4 is 0 Å². The van der Waals surface area contributed by atoms with E-state index in [0.717, 1.165) is 28.4 Å². The average molecular weight is 459 g/mol. The fourth-order valence-electron chi connectivity index (χ4n) is 6.01. The largest absolute Gasteiger partial charge is 0.384 e. The van der Waals surface area contributed by atoms with Gasteiger partial charge >= 0.3 is 0 Å². The van der Waals surface area contributed by atoms with Crippen molar-refractivity contribution < 1.29 is 9.68 Å². The molecule has 0 aliphatic carbocycles. The normalized spacial score (nSPS) is 25.6. The van der Waals surface area contributed by atoms with Crippen LogP contribution in [0.25, 0.3) is 0 Å². The second-order valence-corrected chi connectivity index (χ2v) is 10.3. The lowest BCUT2D eigenvalue weighted by Crippen LogP contribution is -2.62. The zero-order valence-electron chi connectivity index (χ0n) is 21.6. The van der Waals surface area contributed by atoms with E-state index in [1.807, 2.05) is 0 Å². The molecule has 2 bridgehead atoms. The van der Waals surface area contributed by atoms with E-state index in [-0.39, 0.29) is 12.1 Å². The first-order valence-corrected chi connectivity index (χ1v) is 12.0. The molecule has 2 aromatic carbocycles. The lowest BCUT2D eigenvalue weighted by molar-refractivity contribution is -0.131. The lowest BCUT2D eigenvalue weighted by atomic mass is 9.96. The van der Waals surface area contributed by atoms with E-state index in [1.54, 1.807) is 0 Å². The summed E-state index contributed by atoms with van der Waals surface area (Å²) in [6.07, 6.45) is 1.94. The molecule has 5 rings (SSSR count). The van der Waals surface area contributed by atoms with E-state index >= 15 is 0 Å². The molecule has 3 aliphatic heterocycles. The SMILES string of the molecule is CC1=C[C@@]2(C)ON=C(c3c(C)cc(C)cc3C)N2N2C(c3c(C)cc(C)cc3C)=NO[C@@H]1[C@@H]2C. The van der Waals surface area contributed by atoms with E-state index < -0.39 is 5.72 Å². The molecule has 0 amide bonds. The third-order valence-corrected chi connectivity index (χ3v) is 7.19. The van der Waals surface area contributed by atoms with Gasteiger partial charge in [0.15, 0.2) is 17.8 Å². The van der Waals surface area contributed by atoms with Crippen LogP contribution in [0.3, 0.4) is 0 Å². The monoisotopic (exact) mass is 458 g/mol. The van der Waals surface area contributed by atoms with E-state index in [1.165, 1.54) is 33.4 Å². The molecule has 0 saturated heterocycles. The summed E-state index contributed by atoms with van der Waals surface area (Å²) < 4.78 is 0. The minimum Gasteiger partial charge on any atom is -0.384 e. The van der Waals surface area contributed by atoms with Gasteiger partial charge in [-0.25, -0.2) is 5.01 Å². The molecule has 0 fully saturated rings. The number of amidine groups is 2. The fourth-order valence-corrected chi connectivity index (χ4v) is 6.01. The Labute approximate surface area is 202 Å². The molecule has 3 heterocycles. The van der Waals surface area contributed by atoms with Gasteiger partial charge in [-0.1, -0.05) is 45.7 Å². The topological polar surface area (TPSA) is 49.7 Å². The molecule has 34 heavy (non-hydrogen) atoms. The summed E-state index contributed by atoms with van der Waals surface area (Å²) in [6.45, 7) is 19.1. The maximum atomic E-state index is 6.21. The van der Waals surface area contributed by atoms with Gasteiger partial charge in [0.05, 0.1) is 6.04 Å². The number of aryl methyl sites for hydroxylation is 6. The van der Waals surface area contributed by atoms with Crippen LogP contribution in [0.2, 0.25) is 0 Å². The minimum absolute atomic E-state index is 0.0105. The Morgan fingerprint density at radius 2 is 1.26 bits per heavy atom. The second-order valence-electron chi connectivity index (χ2n) is 10.3. The standard InChI is InChI=1S/C28H34N4O2/c1-15-10-17(3)23(18(4)11-15)26-29-33-25-21(7)14-28(9)32(31(26)22(25)8)27(30-34-28)24-19(5)12-16(2)13-20(24)6/h10-14,22,25H,1-9H3/t22-,25-,28+/m0/s1. The van der Waals surface area contributed by atoms with Gasteiger partial charge < -0.3 is 9.68 Å². The third-order valence-electron chi connectivity index (χ3n) is 7.19. The van der Waals surface area contributed by atoms with Crippen LogP contribution >= 0.6 is 0 Å². The highest BCUT2D eigenvalue weighted by atomic mass is 16.7. The second kappa shape index (κ2) is 7.62. The van der Waals surface area contributed by atoms with Gasteiger partial charge in [0.25, 0.3) is 0 Å². The summed E-state index contributed by atoms with van der Waals surface area (Å²) in [7, 11) is 0. The van der Waals surface area contributed by atoms with Crippen LogP contribution in [0.15, 0.2) is 46.2 Å². The number of oxime groups is 2. The number of hydrazine groups is 1. The highest BCUT2D eigenvalue weighted by molar-refractivity contribution is 6.07. The number of nitrogens with zero attached hydrogens (tertiary/aromatic N) is 4. The van der Waals surface area contributed by atoms with Crippen molar-refractivity contribution in [2.75, 3.05) is 0 Å². The summed E-state index contributed by atoms with van der Waals surface area (Å²) in [5, 5.41) is 13.8. The third kappa shape index (κ3) is 3.23. The number of fused-ring (bicyclic) bond motifs is 4. The zero-order chi connectivity index (χ0) is 24.5. The Balaban J connectivity index is 1.74. The lowest BCUT2D eigenvalue weighted by Gasteiger charge is -2.46. The number of hydrogen-bond donors (Lipinski definition) is 0. The number of rotatable bonds is 2. The molecule has 6 heteroatoms. The molecule has 0 unspecified atom stereocenters. The van der Waals surface area contributed by atoms with Gasteiger partial charge in [0, 0.05) is 18.1 Å². The Hall–Kier alpha value is -3.28. The van der Waals surface area contributed by atoms with Gasteiger partial charge in [-0.05, 0) is 89.3 Å². The summed E-state index contributed by atoms with van der Waals surface area (Å²) >= 11 is 0. The Morgan fingerprint density at radius 3 is 1.79 bits per heavy atom. The van der Waals surface area contributed by atoms with Gasteiger partial charge in [-0.15, -0.1) is 0 Å². The molecule has 0 spiro atoms. The maximum Gasteiger partial charge on any atom is 0.245 e. The highest BCUT2D eigenvalue weighted by Gasteiger charge is 2.53. The van der Waals surface area contributed by atoms with E-state index in [4.69, 9.17) is 14.8 Å². The van der Waals surface area contributed by atoms with E-state index in [9.17, 15) is 0 Å². The maximum absolute atomic E-state index is 6.21. The van der Waals surface area contributed by atoms with Crippen LogP contribution in [0.5, 0.6) is 0 Å². The smallest absolute Gasteiger partial charge is 0.245 e. The molecule has 3 aliphatic rings. The van der Waals surface area contributed by atoms with Crippen LogP contribution in [0.1, 0.15) is 65.3 Å². The van der Waals surface area contributed by atoms with Crippen LogP contribution in [-0.2, 0) is 9.68 Å². The quantitative estimate of drug-likeness (QED) is 0.552. The summed E-state index contributed by atoms with van der Waals surface area (Å²) in [5.74, 6) is 1.58. The molecular formula is C28H34N4O2. The average Bonchev–Trinajstić information content (AvgIpc) is 3.00. The first-order valence-electron chi connectivity index (χ1n) is 12.0. The predicted octanol–water partition coefficient (Wildman–Crippen LogP) is 5.57. The Morgan fingerprint density at radius 1 is 0.765 bits per heavy atom. The van der Waals surface area contributed by atoms with Crippen molar-refractivity contribution in [2.24, 2.45) is 10.3 Å². The van der Waals surface area contributed by atoms with Crippen LogP contribution in [0, 0.1) is 41.5 Å². The fraction of sp³-hybridized carbons (Fsp3) is 0.429. The van der Waals surface area contributed by atoms with Crippen molar-refractivity contribution in [3.05, 3.63) is 80.4 Å². The highest BCUT2D eigenvalue weighted by Crippen LogP contribution is 2.41. The first-order chi connectivity index (χ1) is 16.0. The van der Waals surface area contributed by atoms with E-state index in [0.29, 0.717) is 0 Å². The Bertz CT molecular complexity index is 1250. The van der Waals surface area contributed by atoms with Crippen molar-refractivity contribution in [1.29, 1.82) is 0 Å². The van der Waals surface area contributed by atoms with Gasteiger partial charge in [0.1, 0.15) is 0 Å². The summed E-state index contributed by atoms with van der Waals surface area (Å²) in [4.78, 5) is 12.3. The van der Waals surface area contributed by atoms with Crippen LogP contribution in [0.4, 0.5) is 0 Å². The summed E-state index contributed by atoms with van der Waals surface area (Å²) in [6, 6.07) is 8.80.